The minimum atomic E-state index is 0.805. The molecule has 13 heavy (non-hydrogen) atoms. The van der Waals surface area contributed by atoms with Crippen LogP contribution in [0.15, 0.2) is 12.1 Å². The molecule has 0 spiro atoms. The van der Waals surface area contributed by atoms with Crippen LogP contribution in [0.2, 0.25) is 0 Å². The lowest BCUT2D eigenvalue weighted by molar-refractivity contribution is 0.308. The molecule has 0 N–H and O–H groups in total. The van der Waals surface area contributed by atoms with Gasteiger partial charge >= 0.3 is 0 Å². The Morgan fingerprint density at radius 2 is 1.85 bits per heavy atom. The van der Waals surface area contributed by atoms with Crippen LogP contribution in [0.25, 0.3) is 0 Å². The van der Waals surface area contributed by atoms with Crippen molar-refractivity contribution in [2.75, 3.05) is 6.61 Å². The van der Waals surface area contributed by atoms with Gasteiger partial charge in [0, 0.05) is 23.5 Å². The Balaban J connectivity index is 2.56. The van der Waals surface area contributed by atoms with Crippen molar-refractivity contribution in [1.82, 2.24) is 4.98 Å². The molecule has 0 aromatic carbocycles. The summed E-state index contributed by atoms with van der Waals surface area (Å²) in [6, 6.07) is 3.95. The van der Waals surface area contributed by atoms with Crippen LogP contribution in [0, 0.1) is 13.8 Å². The van der Waals surface area contributed by atoms with E-state index in [9.17, 15) is 0 Å². The highest BCUT2D eigenvalue weighted by molar-refractivity contribution is 5.25. The predicted molar refractivity (Wildman–Crippen MR) is 54.1 cm³/mol. The fourth-order valence-electron chi connectivity index (χ4n) is 1.21. The molecule has 0 amide bonds. The minimum absolute atomic E-state index is 0.805. The number of aromatic nitrogens is 1. The summed E-state index contributed by atoms with van der Waals surface area (Å²) in [4.78, 5) is 4.28. The van der Waals surface area contributed by atoms with Crippen molar-refractivity contribution >= 4 is 0 Å². The Bertz CT molecular complexity index is 251. The highest BCUT2D eigenvalue weighted by atomic mass is 16.5. The average molecular weight is 179 g/mol. The molecule has 0 fully saturated rings. The molecule has 0 unspecified atom stereocenters. The zero-order valence-corrected chi connectivity index (χ0v) is 8.63. The van der Waals surface area contributed by atoms with Crippen LogP contribution >= 0.6 is 0 Å². The molecule has 72 valence electrons. The third-order valence-corrected chi connectivity index (χ3v) is 1.82. The summed E-state index contributed by atoms with van der Waals surface area (Å²) in [6.07, 6.45) is 2.28. The van der Waals surface area contributed by atoms with E-state index >= 15 is 0 Å². The fraction of sp³-hybridized carbons (Fsp3) is 0.545. The molecule has 0 aliphatic rings. The van der Waals surface area contributed by atoms with Crippen LogP contribution in [0.4, 0.5) is 0 Å². The number of pyridine rings is 1. The molecule has 1 aromatic heterocycles. The normalized spacial score (nSPS) is 10.1. The Kier molecular flexibility index (Phi) is 3.74. The van der Waals surface area contributed by atoms with Crippen LogP contribution in [0.3, 0.4) is 0 Å². The van der Waals surface area contributed by atoms with Gasteiger partial charge in [0.25, 0.3) is 0 Å². The number of aryl methyl sites for hydroxylation is 2. The Labute approximate surface area is 80.0 Å². The second kappa shape index (κ2) is 4.85. The van der Waals surface area contributed by atoms with Crippen molar-refractivity contribution in [2.24, 2.45) is 0 Å². The summed E-state index contributed by atoms with van der Waals surface area (Å²) in [7, 11) is 0. The van der Waals surface area contributed by atoms with Gasteiger partial charge in [0.15, 0.2) is 0 Å². The standard InChI is InChI=1S/C11H17NO/c1-4-5-6-13-11-7-9(2)12-10(3)8-11/h7-8H,4-6H2,1-3H3. The second-order valence-corrected chi connectivity index (χ2v) is 3.29. The highest BCUT2D eigenvalue weighted by Gasteiger charge is 1.96. The van der Waals surface area contributed by atoms with Crippen LogP contribution in [-0.2, 0) is 0 Å². The molecule has 0 aliphatic carbocycles. The molecule has 1 heterocycles. The molecule has 2 nitrogen and oxygen atoms in total. The van der Waals surface area contributed by atoms with Crippen molar-refractivity contribution in [3.63, 3.8) is 0 Å². The van der Waals surface area contributed by atoms with Gasteiger partial charge in [-0.15, -0.1) is 0 Å². The van der Waals surface area contributed by atoms with E-state index in [0.717, 1.165) is 30.2 Å². The van der Waals surface area contributed by atoms with E-state index in [1.165, 1.54) is 6.42 Å². The van der Waals surface area contributed by atoms with Crippen LogP contribution in [0.1, 0.15) is 31.2 Å². The van der Waals surface area contributed by atoms with E-state index in [1.807, 2.05) is 26.0 Å². The molecule has 0 saturated heterocycles. The molecule has 0 radical (unpaired) electrons. The Hall–Kier alpha value is -1.05. The summed E-state index contributed by atoms with van der Waals surface area (Å²) >= 11 is 0. The van der Waals surface area contributed by atoms with E-state index in [-0.39, 0.29) is 0 Å². The van der Waals surface area contributed by atoms with Crippen molar-refractivity contribution < 1.29 is 4.74 Å². The minimum Gasteiger partial charge on any atom is -0.493 e. The average Bonchev–Trinajstić information content (AvgIpc) is 2.03. The lowest BCUT2D eigenvalue weighted by Gasteiger charge is -2.06. The molecule has 0 aliphatic heterocycles. The number of rotatable bonds is 4. The molecular weight excluding hydrogens is 162 g/mol. The largest absolute Gasteiger partial charge is 0.493 e. The van der Waals surface area contributed by atoms with Crippen LogP contribution in [0.5, 0.6) is 5.75 Å². The third kappa shape index (κ3) is 3.45. The van der Waals surface area contributed by atoms with Crippen LogP contribution in [-0.4, -0.2) is 11.6 Å². The maximum absolute atomic E-state index is 5.57. The summed E-state index contributed by atoms with van der Waals surface area (Å²) in [6.45, 7) is 6.94. The zero-order chi connectivity index (χ0) is 9.68. The Morgan fingerprint density at radius 1 is 1.23 bits per heavy atom. The molecular formula is C11H17NO. The number of ether oxygens (including phenoxy) is 1. The van der Waals surface area contributed by atoms with E-state index in [0.29, 0.717) is 0 Å². The highest BCUT2D eigenvalue weighted by Crippen LogP contribution is 2.13. The molecule has 0 atom stereocenters. The topological polar surface area (TPSA) is 22.1 Å². The first kappa shape index (κ1) is 10.0. The number of nitrogens with zero attached hydrogens (tertiary/aromatic N) is 1. The Morgan fingerprint density at radius 3 is 2.38 bits per heavy atom. The maximum Gasteiger partial charge on any atom is 0.122 e. The predicted octanol–water partition coefficient (Wildman–Crippen LogP) is 2.88. The van der Waals surface area contributed by atoms with Crippen molar-refractivity contribution in [3.8, 4) is 5.75 Å². The van der Waals surface area contributed by atoms with E-state index < -0.39 is 0 Å². The lowest BCUT2D eigenvalue weighted by atomic mass is 10.3. The second-order valence-electron chi connectivity index (χ2n) is 3.29. The van der Waals surface area contributed by atoms with Gasteiger partial charge in [0.1, 0.15) is 5.75 Å². The summed E-state index contributed by atoms with van der Waals surface area (Å²) in [5, 5.41) is 0. The third-order valence-electron chi connectivity index (χ3n) is 1.82. The molecule has 0 saturated carbocycles. The smallest absolute Gasteiger partial charge is 0.122 e. The van der Waals surface area contributed by atoms with Crippen LogP contribution < -0.4 is 4.74 Å². The number of unbranched alkanes of at least 4 members (excludes halogenated alkanes) is 1. The quantitative estimate of drug-likeness (QED) is 0.663. The summed E-state index contributed by atoms with van der Waals surface area (Å²) in [5.41, 5.74) is 2.04. The SMILES string of the molecule is CCCCOc1cc(C)nc(C)c1. The summed E-state index contributed by atoms with van der Waals surface area (Å²) < 4.78 is 5.57. The first-order chi connectivity index (χ1) is 6.22. The van der Waals surface area contributed by atoms with Gasteiger partial charge in [-0.3, -0.25) is 4.98 Å². The first-order valence-electron chi connectivity index (χ1n) is 4.80. The van der Waals surface area contributed by atoms with Gasteiger partial charge in [0.2, 0.25) is 0 Å². The van der Waals surface area contributed by atoms with Gasteiger partial charge in [-0.1, -0.05) is 13.3 Å². The zero-order valence-electron chi connectivity index (χ0n) is 8.63. The van der Waals surface area contributed by atoms with Gasteiger partial charge in [-0.25, -0.2) is 0 Å². The lowest BCUT2D eigenvalue weighted by Crippen LogP contribution is -1.98. The first-order valence-corrected chi connectivity index (χ1v) is 4.80. The van der Waals surface area contributed by atoms with E-state index in [2.05, 4.69) is 11.9 Å². The van der Waals surface area contributed by atoms with Gasteiger partial charge in [0.05, 0.1) is 6.61 Å². The fourth-order valence-corrected chi connectivity index (χ4v) is 1.21. The summed E-state index contributed by atoms with van der Waals surface area (Å²) in [5.74, 6) is 0.943. The van der Waals surface area contributed by atoms with Gasteiger partial charge < -0.3 is 4.74 Å². The monoisotopic (exact) mass is 179 g/mol. The van der Waals surface area contributed by atoms with Crippen molar-refractivity contribution in [1.29, 1.82) is 0 Å². The number of hydrogen-bond donors (Lipinski definition) is 0. The van der Waals surface area contributed by atoms with Crippen molar-refractivity contribution in [2.45, 2.75) is 33.6 Å². The van der Waals surface area contributed by atoms with Gasteiger partial charge in [-0.05, 0) is 20.3 Å². The van der Waals surface area contributed by atoms with E-state index in [1.54, 1.807) is 0 Å². The molecule has 2 heteroatoms. The number of hydrogen-bond acceptors (Lipinski definition) is 2. The molecule has 1 rings (SSSR count). The van der Waals surface area contributed by atoms with Gasteiger partial charge in [-0.2, -0.15) is 0 Å². The molecule has 0 bridgehead atoms. The van der Waals surface area contributed by atoms with E-state index in [4.69, 9.17) is 4.74 Å². The maximum atomic E-state index is 5.57. The molecule has 1 aromatic rings. The van der Waals surface area contributed by atoms with Crippen molar-refractivity contribution in [3.05, 3.63) is 23.5 Å².